The van der Waals surface area contributed by atoms with Crippen molar-refractivity contribution in [1.29, 1.82) is 0 Å². The molecule has 29 heavy (non-hydrogen) atoms. The van der Waals surface area contributed by atoms with Crippen molar-refractivity contribution in [3.63, 3.8) is 0 Å². The molecule has 3 rings (SSSR count). The average Bonchev–Trinajstić information content (AvgIpc) is 2.68. The number of carbonyl (C=O) groups is 1. The zero-order chi connectivity index (χ0) is 21.3. The van der Waals surface area contributed by atoms with Gasteiger partial charge in [-0.15, -0.1) is 0 Å². The van der Waals surface area contributed by atoms with Gasteiger partial charge in [-0.05, 0) is 56.5 Å². The number of rotatable bonds is 4. The van der Waals surface area contributed by atoms with Gasteiger partial charge in [0.2, 0.25) is 5.43 Å². The number of nitrogens with zero attached hydrogens (tertiary/aromatic N) is 1. The number of anilines is 1. The van der Waals surface area contributed by atoms with E-state index in [4.69, 9.17) is 11.6 Å². The number of nitrogens with one attached hydrogen (secondary N) is 1. The monoisotopic (exact) mass is 412 g/mol. The molecule has 150 valence electrons. The molecule has 1 aromatic heterocycles. The molecule has 1 amide bonds. The lowest BCUT2D eigenvalue weighted by Gasteiger charge is -2.19. The summed E-state index contributed by atoms with van der Waals surface area (Å²) >= 11 is 5.93. The van der Waals surface area contributed by atoms with Crippen molar-refractivity contribution in [3.8, 4) is 0 Å². The molecular formula is C23H22ClFN2O2. The predicted octanol–water partition coefficient (Wildman–Crippen LogP) is 5.18. The van der Waals surface area contributed by atoms with Crippen LogP contribution in [0.15, 0.2) is 47.3 Å². The number of amides is 1. The lowest BCUT2D eigenvalue weighted by molar-refractivity contribution is 0.102. The molecule has 1 heterocycles. The summed E-state index contributed by atoms with van der Waals surface area (Å²) in [5.74, 6) is -1.54. The van der Waals surface area contributed by atoms with Crippen LogP contribution in [0, 0.1) is 33.5 Å². The number of pyridine rings is 1. The lowest BCUT2D eigenvalue weighted by Crippen LogP contribution is -2.30. The summed E-state index contributed by atoms with van der Waals surface area (Å²) in [6, 6.07) is 12.8. The van der Waals surface area contributed by atoms with E-state index in [1.54, 1.807) is 23.6 Å². The second-order valence-electron chi connectivity index (χ2n) is 7.12. The Morgan fingerprint density at radius 3 is 2.17 bits per heavy atom. The molecule has 0 saturated heterocycles. The third-order valence-corrected chi connectivity index (χ3v) is 5.37. The number of aromatic nitrogens is 1. The summed E-state index contributed by atoms with van der Waals surface area (Å²) < 4.78 is 16.4. The second kappa shape index (κ2) is 8.21. The molecule has 4 nitrogen and oxygen atoms in total. The first-order chi connectivity index (χ1) is 13.7. The normalized spacial score (nSPS) is 10.8. The minimum absolute atomic E-state index is 0.186. The summed E-state index contributed by atoms with van der Waals surface area (Å²) in [5, 5.41) is 3.38. The lowest BCUT2D eigenvalue weighted by atomic mass is 10.1. The molecule has 3 aromatic rings. The van der Waals surface area contributed by atoms with E-state index < -0.39 is 17.2 Å². The molecule has 1 N–H and O–H groups in total. The molecule has 0 bridgehead atoms. The summed E-state index contributed by atoms with van der Waals surface area (Å²) in [6.07, 6.45) is 0. The number of hydrogen-bond donors (Lipinski definition) is 1. The van der Waals surface area contributed by atoms with Crippen LogP contribution in [0.4, 0.5) is 10.1 Å². The highest BCUT2D eigenvalue weighted by Gasteiger charge is 2.23. The standard InChI is InChI=1S/C23H22ClFN2O2/c1-13-6-5-7-14(2)21(13)26-23(29)19-15(3)27(16(4)20(25)22(19)28)12-17-8-10-18(24)11-9-17/h5-11H,12H2,1-4H3,(H,26,29). The molecule has 2 aromatic carbocycles. The van der Waals surface area contributed by atoms with E-state index in [2.05, 4.69) is 5.32 Å². The number of benzene rings is 2. The Bertz CT molecular complexity index is 1130. The summed E-state index contributed by atoms with van der Waals surface area (Å²) in [7, 11) is 0. The summed E-state index contributed by atoms with van der Waals surface area (Å²) in [4.78, 5) is 25.6. The van der Waals surface area contributed by atoms with E-state index in [0.29, 0.717) is 22.9 Å². The first-order valence-electron chi connectivity index (χ1n) is 9.22. The van der Waals surface area contributed by atoms with E-state index in [0.717, 1.165) is 16.7 Å². The van der Waals surface area contributed by atoms with Crippen molar-refractivity contribution in [2.45, 2.75) is 34.2 Å². The topological polar surface area (TPSA) is 51.1 Å². The van der Waals surface area contributed by atoms with Crippen LogP contribution >= 0.6 is 11.6 Å². The first kappa shape index (κ1) is 20.8. The van der Waals surface area contributed by atoms with E-state index in [9.17, 15) is 14.0 Å². The van der Waals surface area contributed by atoms with Crippen molar-refractivity contribution in [3.05, 3.63) is 97.2 Å². The van der Waals surface area contributed by atoms with Gasteiger partial charge >= 0.3 is 0 Å². The van der Waals surface area contributed by atoms with Gasteiger partial charge in [-0.2, -0.15) is 0 Å². The van der Waals surface area contributed by atoms with Gasteiger partial charge in [0.15, 0.2) is 5.82 Å². The van der Waals surface area contributed by atoms with E-state index in [1.807, 2.05) is 44.2 Å². The smallest absolute Gasteiger partial charge is 0.261 e. The fourth-order valence-electron chi connectivity index (χ4n) is 3.41. The fraction of sp³-hybridized carbons (Fsp3) is 0.217. The molecule has 0 aliphatic carbocycles. The minimum Gasteiger partial charge on any atom is -0.341 e. The van der Waals surface area contributed by atoms with Gasteiger partial charge < -0.3 is 9.88 Å². The summed E-state index contributed by atoms with van der Waals surface area (Å²) in [6.45, 7) is 7.24. The molecule has 6 heteroatoms. The summed E-state index contributed by atoms with van der Waals surface area (Å²) in [5.41, 5.74) is 2.75. The van der Waals surface area contributed by atoms with Crippen LogP contribution in [0.1, 0.15) is 38.4 Å². The van der Waals surface area contributed by atoms with E-state index in [1.165, 1.54) is 6.92 Å². The van der Waals surface area contributed by atoms with Gasteiger partial charge in [-0.1, -0.05) is 41.9 Å². The van der Waals surface area contributed by atoms with Crippen molar-refractivity contribution in [2.24, 2.45) is 0 Å². The van der Waals surface area contributed by atoms with Crippen molar-refractivity contribution in [1.82, 2.24) is 4.57 Å². The molecule has 0 saturated carbocycles. The zero-order valence-corrected chi connectivity index (χ0v) is 17.5. The average molecular weight is 413 g/mol. The highest BCUT2D eigenvalue weighted by molar-refractivity contribution is 6.30. The SMILES string of the molecule is Cc1cccc(C)c1NC(=O)c1c(C)n(Cc2ccc(Cl)cc2)c(C)c(F)c1=O. The molecule has 0 aliphatic heterocycles. The zero-order valence-electron chi connectivity index (χ0n) is 16.8. The van der Waals surface area contributed by atoms with Crippen LogP contribution in [-0.4, -0.2) is 10.5 Å². The molecule has 0 radical (unpaired) electrons. The Morgan fingerprint density at radius 2 is 1.59 bits per heavy atom. The van der Waals surface area contributed by atoms with Gasteiger partial charge in [-0.25, -0.2) is 4.39 Å². The molecule has 0 atom stereocenters. The Morgan fingerprint density at radius 1 is 1.00 bits per heavy atom. The molecule has 0 spiro atoms. The predicted molar refractivity (Wildman–Crippen MR) is 115 cm³/mol. The van der Waals surface area contributed by atoms with Crippen molar-refractivity contribution >= 4 is 23.2 Å². The van der Waals surface area contributed by atoms with Crippen LogP contribution in [0.3, 0.4) is 0 Å². The third kappa shape index (κ3) is 4.10. The van der Waals surface area contributed by atoms with Gasteiger partial charge in [0.1, 0.15) is 5.56 Å². The number of aryl methyl sites for hydroxylation is 2. The Balaban J connectivity index is 2.07. The largest absolute Gasteiger partial charge is 0.341 e. The maximum Gasteiger partial charge on any atom is 0.261 e. The number of carbonyl (C=O) groups excluding carboxylic acids is 1. The maximum atomic E-state index is 14.7. The van der Waals surface area contributed by atoms with E-state index >= 15 is 0 Å². The fourth-order valence-corrected chi connectivity index (χ4v) is 3.53. The minimum atomic E-state index is -0.920. The molecule has 0 aliphatic rings. The van der Waals surface area contributed by atoms with Crippen LogP contribution < -0.4 is 10.7 Å². The molecular weight excluding hydrogens is 391 g/mol. The Labute approximate surface area is 174 Å². The number of hydrogen-bond acceptors (Lipinski definition) is 2. The van der Waals surface area contributed by atoms with E-state index in [-0.39, 0.29) is 11.3 Å². The van der Waals surface area contributed by atoms with Gasteiger partial charge in [0.05, 0.1) is 5.69 Å². The first-order valence-corrected chi connectivity index (χ1v) is 9.60. The Hall–Kier alpha value is -2.92. The van der Waals surface area contributed by atoms with Crippen LogP contribution in [0.25, 0.3) is 0 Å². The number of halogens is 2. The molecule has 0 unspecified atom stereocenters. The molecule has 0 fully saturated rings. The number of para-hydroxylation sites is 1. The maximum absolute atomic E-state index is 14.7. The van der Waals surface area contributed by atoms with Crippen LogP contribution in [-0.2, 0) is 6.54 Å². The van der Waals surface area contributed by atoms with Crippen LogP contribution in [0.2, 0.25) is 5.02 Å². The van der Waals surface area contributed by atoms with Crippen molar-refractivity contribution in [2.75, 3.05) is 5.32 Å². The van der Waals surface area contributed by atoms with Gasteiger partial charge in [-0.3, -0.25) is 9.59 Å². The third-order valence-electron chi connectivity index (χ3n) is 5.12. The van der Waals surface area contributed by atoms with Gasteiger partial charge in [0.25, 0.3) is 5.91 Å². The van der Waals surface area contributed by atoms with Gasteiger partial charge in [0, 0.05) is 22.9 Å². The Kier molecular flexibility index (Phi) is 5.89. The highest BCUT2D eigenvalue weighted by atomic mass is 35.5. The quantitative estimate of drug-likeness (QED) is 0.642. The van der Waals surface area contributed by atoms with Crippen LogP contribution in [0.5, 0.6) is 0 Å². The second-order valence-corrected chi connectivity index (χ2v) is 7.56. The highest BCUT2D eigenvalue weighted by Crippen LogP contribution is 2.21. The van der Waals surface area contributed by atoms with Crippen molar-refractivity contribution < 1.29 is 9.18 Å².